The summed E-state index contributed by atoms with van der Waals surface area (Å²) in [6.07, 6.45) is 4.26. The zero-order chi connectivity index (χ0) is 10.7. The number of rotatable bonds is 2. The summed E-state index contributed by atoms with van der Waals surface area (Å²) in [7, 11) is 0. The molecule has 4 heteroatoms. The molecule has 1 aliphatic heterocycles. The number of aliphatic hydroxyl groups is 1. The predicted molar refractivity (Wildman–Crippen MR) is 58.7 cm³/mol. The van der Waals surface area contributed by atoms with Crippen molar-refractivity contribution in [2.24, 2.45) is 5.73 Å². The number of nitrogens with zero attached hydrogens (tertiary/aromatic N) is 1. The van der Waals surface area contributed by atoms with Crippen molar-refractivity contribution in [2.45, 2.75) is 37.3 Å². The van der Waals surface area contributed by atoms with Gasteiger partial charge in [0.2, 0.25) is 0 Å². The Morgan fingerprint density at radius 3 is 2.80 bits per heavy atom. The fraction of sp³-hybridized carbons (Fsp3) is 1.00. The second-order valence-electron chi connectivity index (χ2n) is 4.92. The molecule has 2 unspecified atom stereocenters. The molecule has 1 aliphatic carbocycles. The van der Waals surface area contributed by atoms with Crippen LogP contribution in [-0.2, 0) is 4.74 Å². The quantitative estimate of drug-likeness (QED) is 0.677. The molecule has 15 heavy (non-hydrogen) atoms. The summed E-state index contributed by atoms with van der Waals surface area (Å²) in [5.74, 6) is 0. The van der Waals surface area contributed by atoms with Gasteiger partial charge in [-0.3, -0.25) is 4.90 Å². The molecule has 1 heterocycles. The fourth-order valence-corrected chi connectivity index (χ4v) is 2.76. The average molecular weight is 214 g/mol. The summed E-state index contributed by atoms with van der Waals surface area (Å²) < 4.78 is 5.35. The van der Waals surface area contributed by atoms with Gasteiger partial charge in [0.05, 0.1) is 19.8 Å². The molecule has 1 saturated carbocycles. The third-order valence-electron chi connectivity index (χ3n) is 3.73. The number of nitrogens with two attached hydrogens (primary N) is 1. The number of aliphatic hydroxyl groups excluding tert-OH is 1. The Balaban J connectivity index is 1.91. The van der Waals surface area contributed by atoms with Crippen LogP contribution in [0, 0.1) is 0 Å². The monoisotopic (exact) mass is 214 g/mol. The summed E-state index contributed by atoms with van der Waals surface area (Å²) in [6, 6.07) is 0.555. The van der Waals surface area contributed by atoms with Crippen molar-refractivity contribution in [3.63, 3.8) is 0 Å². The van der Waals surface area contributed by atoms with E-state index < -0.39 is 0 Å². The molecule has 4 nitrogen and oxygen atoms in total. The summed E-state index contributed by atoms with van der Waals surface area (Å²) in [4.78, 5) is 2.47. The molecule has 2 atom stereocenters. The van der Waals surface area contributed by atoms with Crippen molar-refractivity contribution in [3.8, 4) is 0 Å². The lowest BCUT2D eigenvalue weighted by molar-refractivity contribution is -0.00486. The fourth-order valence-electron chi connectivity index (χ4n) is 2.76. The molecule has 0 amide bonds. The minimum atomic E-state index is -0.332. The third-order valence-corrected chi connectivity index (χ3v) is 3.73. The Morgan fingerprint density at radius 2 is 2.13 bits per heavy atom. The zero-order valence-corrected chi connectivity index (χ0v) is 9.32. The highest BCUT2D eigenvalue weighted by atomic mass is 16.5. The van der Waals surface area contributed by atoms with Gasteiger partial charge in [-0.25, -0.2) is 0 Å². The van der Waals surface area contributed by atoms with Crippen LogP contribution in [0.3, 0.4) is 0 Å². The van der Waals surface area contributed by atoms with E-state index in [1.165, 1.54) is 6.42 Å². The Labute approximate surface area is 91.4 Å². The maximum atomic E-state index is 9.30. The largest absolute Gasteiger partial charge is 0.394 e. The zero-order valence-electron chi connectivity index (χ0n) is 9.32. The lowest BCUT2D eigenvalue weighted by atomic mass is 9.79. The van der Waals surface area contributed by atoms with Gasteiger partial charge in [0.25, 0.3) is 0 Å². The van der Waals surface area contributed by atoms with Gasteiger partial charge in [0.15, 0.2) is 0 Å². The molecular weight excluding hydrogens is 192 g/mol. The van der Waals surface area contributed by atoms with E-state index in [9.17, 15) is 5.11 Å². The summed E-state index contributed by atoms with van der Waals surface area (Å²) in [5, 5.41) is 9.30. The molecule has 2 rings (SSSR count). The van der Waals surface area contributed by atoms with Crippen LogP contribution in [0.1, 0.15) is 25.7 Å². The molecule has 0 aromatic heterocycles. The first-order chi connectivity index (χ1) is 7.23. The average Bonchev–Trinajstić information content (AvgIpc) is 2.30. The maximum absolute atomic E-state index is 9.30. The SMILES string of the molecule is NC1(CO)CCCC(N2CCOCC2)C1. The Hall–Kier alpha value is -0.160. The molecular formula is C11H22N2O2. The smallest absolute Gasteiger partial charge is 0.0611 e. The highest BCUT2D eigenvalue weighted by molar-refractivity contribution is 4.94. The normalized spacial score (nSPS) is 39.2. The van der Waals surface area contributed by atoms with E-state index >= 15 is 0 Å². The van der Waals surface area contributed by atoms with Gasteiger partial charge in [-0.05, 0) is 25.7 Å². The van der Waals surface area contributed by atoms with E-state index in [1.807, 2.05) is 0 Å². The van der Waals surface area contributed by atoms with Crippen LogP contribution in [0.15, 0.2) is 0 Å². The Kier molecular flexibility index (Phi) is 3.61. The summed E-state index contributed by atoms with van der Waals surface area (Å²) in [5.41, 5.74) is 5.82. The number of hydrogen-bond donors (Lipinski definition) is 2. The first kappa shape index (κ1) is 11.3. The van der Waals surface area contributed by atoms with Crippen molar-refractivity contribution in [3.05, 3.63) is 0 Å². The minimum Gasteiger partial charge on any atom is -0.394 e. The van der Waals surface area contributed by atoms with Crippen LogP contribution >= 0.6 is 0 Å². The topological polar surface area (TPSA) is 58.7 Å². The lowest BCUT2D eigenvalue weighted by Crippen LogP contribution is -2.54. The van der Waals surface area contributed by atoms with E-state index in [0.29, 0.717) is 6.04 Å². The first-order valence-corrected chi connectivity index (χ1v) is 5.95. The molecule has 0 aromatic carbocycles. The van der Waals surface area contributed by atoms with E-state index in [1.54, 1.807) is 0 Å². The van der Waals surface area contributed by atoms with E-state index in [-0.39, 0.29) is 12.1 Å². The molecule has 3 N–H and O–H groups in total. The van der Waals surface area contributed by atoms with Crippen molar-refractivity contribution in [1.82, 2.24) is 4.90 Å². The standard InChI is InChI=1S/C11H22N2O2/c12-11(9-14)3-1-2-10(8-11)13-4-6-15-7-5-13/h10,14H,1-9,12H2. The summed E-state index contributed by atoms with van der Waals surface area (Å²) in [6.45, 7) is 3.84. The molecule has 1 saturated heterocycles. The van der Waals surface area contributed by atoms with Gasteiger partial charge < -0.3 is 15.6 Å². The highest BCUT2D eigenvalue weighted by Gasteiger charge is 2.35. The van der Waals surface area contributed by atoms with Gasteiger partial charge in [0, 0.05) is 24.7 Å². The molecule has 0 aromatic rings. The first-order valence-electron chi connectivity index (χ1n) is 5.95. The molecule has 0 spiro atoms. The maximum Gasteiger partial charge on any atom is 0.0611 e. The van der Waals surface area contributed by atoms with E-state index in [4.69, 9.17) is 10.5 Å². The van der Waals surface area contributed by atoms with Gasteiger partial charge in [-0.2, -0.15) is 0 Å². The van der Waals surface area contributed by atoms with Gasteiger partial charge in [-0.15, -0.1) is 0 Å². The molecule has 88 valence electrons. The molecule has 0 radical (unpaired) electrons. The van der Waals surface area contributed by atoms with Crippen LogP contribution in [-0.4, -0.2) is 54.5 Å². The van der Waals surface area contributed by atoms with Gasteiger partial charge in [-0.1, -0.05) is 0 Å². The lowest BCUT2D eigenvalue weighted by Gasteiger charge is -2.43. The third kappa shape index (κ3) is 2.69. The predicted octanol–water partition coefficient (Wildman–Crippen LogP) is -0.0490. The van der Waals surface area contributed by atoms with Gasteiger partial charge >= 0.3 is 0 Å². The van der Waals surface area contributed by atoms with Crippen molar-refractivity contribution in [2.75, 3.05) is 32.9 Å². The molecule has 2 fully saturated rings. The Bertz CT molecular complexity index is 207. The summed E-state index contributed by atoms with van der Waals surface area (Å²) >= 11 is 0. The molecule has 0 bridgehead atoms. The number of morpholine rings is 1. The van der Waals surface area contributed by atoms with Crippen LogP contribution in [0.5, 0.6) is 0 Å². The second-order valence-corrected chi connectivity index (χ2v) is 4.92. The van der Waals surface area contributed by atoms with E-state index in [0.717, 1.165) is 45.6 Å². The van der Waals surface area contributed by atoms with Crippen LogP contribution in [0.25, 0.3) is 0 Å². The van der Waals surface area contributed by atoms with Crippen molar-refractivity contribution < 1.29 is 9.84 Å². The molecule has 2 aliphatic rings. The number of hydrogen-bond acceptors (Lipinski definition) is 4. The van der Waals surface area contributed by atoms with Gasteiger partial charge in [0.1, 0.15) is 0 Å². The second kappa shape index (κ2) is 4.78. The highest BCUT2D eigenvalue weighted by Crippen LogP contribution is 2.29. The van der Waals surface area contributed by atoms with Crippen LogP contribution < -0.4 is 5.73 Å². The number of ether oxygens (including phenoxy) is 1. The minimum absolute atomic E-state index is 0.119. The van der Waals surface area contributed by atoms with Crippen LogP contribution in [0.2, 0.25) is 0 Å². The van der Waals surface area contributed by atoms with Crippen LogP contribution in [0.4, 0.5) is 0 Å². The van der Waals surface area contributed by atoms with Crippen molar-refractivity contribution in [1.29, 1.82) is 0 Å². The Morgan fingerprint density at radius 1 is 1.40 bits per heavy atom. The van der Waals surface area contributed by atoms with Crippen molar-refractivity contribution >= 4 is 0 Å². The van der Waals surface area contributed by atoms with E-state index in [2.05, 4.69) is 4.90 Å².